The molecule has 0 N–H and O–H groups in total. The molecule has 0 saturated heterocycles. The molecule has 0 bridgehead atoms. The maximum atomic E-state index is 13.0. The van der Waals surface area contributed by atoms with E-state index in [1.807, 2.05) is 0 Å². The van der Waals surface area contributed by atoms with E-state index < -0.39 is 11.7 Å². The van der Waals surface area contributed by atoms with Crippen LogP contribution in [-0.2, 0) is 12.6 Å². The lowest BCUT2D eigenvalue weighted by atomic mass is 9.97. The van der Waals surface area contributed by atoms with Crippen LogP contribution in [0.3, 0.4) is 0 Å². The van der Waals surface area contributed by atoms with Crippen molar-refractivity contribution in [1.29, 1.82) is 0 Å². The zero-order valence-corrected chi connectivity index (χ0v) is 11.1. The first-order valence-electron chi connectivity index (χ1n) is 6.08. The van der Waals surface area contributed by atoms with Gasteiger partial charge in [-0.3, -0.25) is 0 Å². The van der Waals surface area contributed by atoms with Crippen LogP contribution >= 0.6 is 11.6 Å². The number of ether oxygens (including phenoxy) is 1. The Morgan fingerprint density at radius 1 is 1.05 bits per heavy atom. The van der Waals surface area contributed by atoms with Crippen LogP contribution in [-0.4, -0.2) is 6.61 Å². The largest absolute Gasteiger partial charge is 0.492 e. The summed E-state index contributed by atoms with van der Waals surface area (Å²) >= 11 is 6.09. The van der Waals surface area contributed by atoms with Gasteiger partial charge in [0.15, 0.2) is 0 Å². The van der Waals surface area contributed by atoms with Crippen molar-refractivity contribution >= 4 is 11.6 Å². The smallest absolute Gasteiger partial charge is 0.416 e. The quantitative estimate of drug-likeness (QED) is 0.723. The maximum Gasteiger partial charge on any atom is 0.416 e. The van der Waals surface area contributed by atoms with E-state index in [4.69, 9.17) is 16.3 Å². The molecule has 1 heterocycles. The highest BCUT2D eigenvalue weighted by atomic mass is 35.5. The zero-order chi connectivity index (χ0) is 14.3. The molecule has 5 heteroatoms. The summed E-state index contributed by atoms with van der Waals surface area (Å²) in [5, 5.41) is 0.407. The van der Waals surface area contributed by atoms with E-state index in [1.54, 1.807) is 24.3 Å². The lowest BCUT2D eigenvalue weighted by Crippen LogP contribution is -2.06. The van der Waals surface area contributed by atoms with Crippen molar-refractivity contribution in [3.8, 4) is 16.9 Å². The number of halogens is 4. The minimum atomic E-state index is -4.38. The van der Waals surface area contributed by atoms with Crippen LogP contribution in [0.2, 0.25) is 5.02 Å². The minimum Gasteiger partial charge on any atom is -0.492 e. The Morgan fingerprint density at radius 2 is 1.80 bits per heavy atom. The average molecular weight is 299 g/mol. The molecule has 0 atom stereocenters. The molecule has 20 heavy (non-hydrogen) atoms. The zero-order valence-electron chi connectivity index (χ0n) is 10.3. The summed E-state index contributed by atoms with van der Waals surface area (Å²) in [6.07, 6.45) is -3.90. The summed E-state index contributed by atoms with van der Waals surface area (Å²) in [6, 6.07) is 9.08. The maximum absolute atomic E-state index is 13.0. The molecule has 1 aliphatic rings. The fourth-order valence-corrected chi connectivity index (χ4v) is 2.59. The predicted molar refractivity (Wildman–Crippen MR) is 71.1 cm³/mol. The van der Waals surface area contributed by atoms with Crippen LogP contribution in [0.15, 0.2) is 36.4 Å². The molecule has 0 unspecified atom stereocenters. The first kappa shape index (κ1) is 13.3. The van der Waals surface area contributed by atoms with Gasteiger partial charge in [0.05, 0.1) is 12.2 Å². The number of alkyl halides is 3. The lowest BCUT2D eigenvalue weighted by molar-refractivity contribution is -0.137. The SMILES string of the molecule is FC(F)(F)c1cc2c(c(-c3ccccc3Cl)c1)OCC2. The summed E-state index contributed by atoms with van der Waals surface area (Å²) in [5.41, 5.74) is 0.864. The third-order valence-corrected chi connectivity index (χ3v) is 3.60. The molecule has 0 fully saturated rings. The average Bonchev–Trinajstić information content (AvgIpc) is 2.85. The third kappa shape index (κ3) is 2.24. The van der Waals surface area contributed by atoms with Crippen LogP contribution in [0.4, 0.5) is 13.2 Å². The lowest BCUT2D eigenvalue weighted by Gasteiger charge is -2.14. The molecule has 2 aromatic rings. The van der Waals surface area contributed by atoms with Crippen molar-refractivity contribution in [2.75, 3.05) is 6.61 Å². The van der Waals surface area contributed by atoms with Crippen molar-refractivity contribution < 1.29 is 17.9 Å². The monoisotopic (exact) mass is 298 g/mol. The Hall–Kier alpha value is -1.68. The Kier molecular flexibility index (Phi) is 3.13. The molecule has 104 valence electrons. The summed E-state index contributed by atoms with van der Waals surface area (Å²) in [5.74, 6) is 0.506. The second-order valence-electron chi connectivity index (χ2n) is 4.59. The normalized spacial score (nSPS) is 14.0. The van der Waals surface area contributed by atoms with Crippen molar-refractivity contribution in [2.24, 2.45) is 0 Å². The molecular weight excluding hydrogens is 289 g/mol. The van der Waals surface area contributed by atoms with Gasteiger partial charge in [0.1, 0.15) is 5.75 Å². The first-order valence-corrected chi connectivity index (χ1v) is 6.46. The fourth-order valence-electron chi connectivity index (χ4n) is 2.35. The summed E-state index contributed by atoms with van der Waals surface area (Å²) in [4.78, 5) is 0. The van der Waals surface area contributed by atoms with Gasteiger partial charge in [0.2, 0.25) is 0 Å². The van der Waals surface area contributed by atoms with Crippen molar-refractivity contribution in [2.45, 2.75) is 12.6 Å². The first-order chi connectivity index (χ1) is 9.47. The molecule has 0 amide bonds. The molecule has 0 aromatic heterocycles. The van der Waals surface area contributed by atoms with Crippen LogP contribution in [0.5, 0.6) is 5.75 Å². The van der Waals surface area contributed by atoms with E-state index in [0.717, 1.165) is 12.1 Å². The topological polar surface area (TPSA) is 9.23 Å². The predicted octanol–water partition coefficient (Wildman–Crippen LogP) is 4.96. The van der Waals surface area contributed by atoms with E-state index >= 15 is 0 Å². The van der Waals surface area contributed by atoms with Crippen molar-refractivity contribution in [3.63, 3.8) is 0 Å². The number of fused-ring (bicyclic) bond motifs is 1. The van der Waals surface area contributed by atoms with Gasteiger partial charge >= 0.3 is 6.18 Å². The number of hydrogen-bond donors (Lipinski definition) is 0. The van der Waals surface area contributed by atoms with E-state index in [0.29, 0.717) is 40.5 Å². The van der Waals surface area contributed by atoms with Gasteiger partial charge in [-0.25, -0.2) is 0 Å². The van der Waals surface area contributed by atoms with Crippen molar-refractivity contribution in [3.05, 3.63) is 52.5 Å². The second kappa shape index (κ2) is 4.70. The molecule has 1 aliphatic heterocycles. The number of rotatable bonds is 1. The Labute approximate surface area is 118 Å². The van der Waals surface area contributed by atoms with Gasteiger partial charge in [0.25, 0.3) is 0 Å². The highest BCUT2D eigenvalue weighted by Crippen LogP contribution is 2.43. The van der Waals surface area contributed by atoms with Gasteiger partial charge in [-0.2, -0.15) is 13.2 Å². The Bertz CT molecular complexity index is 665. The molecule has 0 radical (unpaired) electrons. The third-order valence-electron chi connectivity index (χ3n) is 3.28. The summed E-state index contributed by atoms with van der Waals surface area (Å²) in [7, 11) is 0. The second-order valence-corrected chi connectivity index (χ2v) is 5.00. The molecule has 3 rings (SSSR count). The van der Waals surface area contributed by atoms with Gasteiger partial charge in [-0.1, -0.05) is 29.8 Å². The summed E-state index contributed by atoms with van der Waals surface area (Å²) in [6.45, 7) is 0.397. The Morgan fingerprint density at radius 3 is 2.50 bits per heavy atom. The van der Waals surface area contributed by atoms with E-state index in [2.05, 4.69) is 0 Å². The fraction of sp³-hybridized carbons (Fsp3) is 0.200. The molecule has 0 spiro atoms. The van der Waals surface area contributed by atoms with Crippen LogP contribution in [0, 0.1) is 0 Å². The molecule has 1 nitrogen and oxygen atoms in total. The summed E-state index contributed by atoms with van der Waals surface area (Å²) < 4.78 is 44.4. The van der Waals surface area contributed by atoms with Gasteiger partial charge in [-0.05, 0) is 23.8 Å². The van der Waals surface area contributed by atoms with E-state index in [9.17, 15) is 13.2 Å². The standard InChI is InChI=1S/C15H10ClF3O/c16-13-4-2-1-3-11(13)12-8-10(15(17,18)19)7-9-5-6-20-14(9)12/h1-4,7-8H,5-6H2. The minimum absolute atomic E-state index is 0.397. The van der Waals surface area contributed by atoms with E-state index in [-0.39, 0.29) is 0 Å². The highest BCUT2D eigenvalue weighted by Gasteiger charge is 2.33. The molecule has 0 saturated carbocycles. The van der Waals surface area contributed by atoms with Gasteiger partial charge in [0, 0.05) is 22.6 Å². The van der Waals surface area contributed by atoms with Crippen LogP contribution in [0.1, 0.15) is 11.1 Å². The molecular formula is C15H10ClF3O. The van der Waals surface area contributed by atoms with Crippen LogP contribution < -0.4 is 4.74 Å². The number of hydrogen-bond acceptors (Lipinski definition) is 1. The molecule has 2 aromatic carbocycles. The van der Waals surface area contributed by atoms with Gasteiger partial charge in [-0.15, -0.1) is 0 Å². The van der Waals surface area contributed by atoms with Crippen LogP contribution in [0.25, 0.3) is 11.1 Å². The number of benzene rings is 2. The molecule has 0 aliphatic carbocycles. The highest BCUT2D eigenvalue weighted by molar-refractivity contribution is 6.33. The van der Waals surface area contributed by atoms with Gasteiger partial charge < -0.3 is 4.74 Å². The Balaban J connectivity index is 2.25. The van der Waals surface area contributed by atoms with E-state index in [1.165, 1.54) is 0 Å². The van der Waals surface area contributed by atoms with Crippen molar-refractivity contribution in [1.82, 2.24) is 0 Å².